The van der Waals surface area contributed by atoms with Crippen LogP contribution in [0.4, 0.5) is 0 Å². The topological polar surface area (TPSA) is 33.1 Å². The lowest BCUT2D eigenvalue weighted by Crippen LogP contribution is -2.15. The van der Waals surface area contributed by atoms with E-state index in [0.717, 1.165) is 22.5 Å². The molecule has 1 saturated carbocycles. The summed E-state index contributed by atoms with van der Waals surface area (Å²) in [6.07, 6.45) is 5.80. The van der Waals surface area contributed by atoms with Crippen molar-refractivity contribution in [3.05, 3.63) is 15.0 Å². The van der Waals surface area contributed by atoms with Crippen LogP contribution in [0.5, 0.6) is 0 Å². The number of rotatable bonds is 2. The fraction of sp³-hybridized carbons (Fsp3) is 0.700. The second-order valence-electron chi connectivity index (χ2n) is 3.85. The van der Waals surface area contributed by atoms with Gasteiger partial charge in [0.25, 0.3) is 0 Å². The van der Waals surface area contributed by atoms with Crippen LogP contribution in [-0.4, -0.2) is 10.1 Å². The van der Waals surface area contributed by atoms with Gasteiger partial charge < -0.3 is 5.11 Å². The Labute approximate surface area is 96.5 Å². The normalized spacial score (nSPS) is 21.0. The Morgan fingerprint density at radius 2 is 2.14 bits per heavy atom. The zero-order valence-electron chi connectivity index (χ0n) is 7.95. The average Bonchev–Trinajstić information content (AvgIpc) is 2.65. The Hall–Kier alpha value is 0.0700. The summed E-state index contributed by atoms with van der Waals surface area (Å²) in [6, 6.07) is 0. The molecule has 1 aliphatic rings. The maximum Gasteiger partial charge on any atom is 0.123 e. The van der Waals surface area contributed by atoms with Crippen molar-refractivity contribution in [2.45, 2.75) is 38.2 Å². The van der Waals surface area contributed by atoms with E-state index in [0.29, 0.717) is 5.92 Å². The largest absolute Gasteiger partial charge is 0.386 e. The number of aliphatic hydroxyl groups excluding tert-OH is 1. The first-order valence-electron chi connectivity index (χ1n) is 5.06. The van der Waals surface area contributed by atoms with Crippen molar-refractivity contribution in [3.63, 3.8) is 0 Å². The zero-order valence-corrected chi connectivity index (χ0v) is 10.4. The third-order valence-corrected chi connectivity index (χ3v) is 4.47. The fourth-order valence-electron chi connectivity index (χ4n) is 2.05. The molecule has 1 aromatic heterocycles. The van der Waals surface area contributed by atoms with Gasteiger partial charge in [-0.2, -0.15) is 0 Å². The summed E-state index contributed by atoms with van der Waals surface area (Å²) >= 11 is 4.86. The predicted octanol–water partition coefficient (Wildman–Crippen LogP) is 3.52. The lowest BCUT2D eigenvalue weighted by molar-refractivity contribution is 0.0845. The summed E-state index contributed by atoms with van der Waals surface area (Å²) in [7, 11) is 0. The summed E-state index contributed by atoms with van der Waals surface area (Å²) in [4.78, 5) is 4.27. The molecule has 2 rings (SSSR count). The minimum absolute atomic E-state index is 0.341. The van der Waals surface area contributed by atoms with E-state index in [1.165, 1.54) is 19.3 Å². The van der Waals surface area contributed by atoms with Crippen molar-refractivity contribution in [2.24, 2.45) is 5.92 Å². The summed E-state index contributed by atoms with van der Waals surface area (Å²) in [6.45, 7) is 0. The fourth-order valence-corrected chi connectivity index (χ4v) is 3.40. The molecule has 4 heteroatoms. The second-order valence-corrected chi connectivity index (χ2v) is 5.55. The monoisotopic (exact) mass is 275 g/mol. The van der Waals surface area contributed by atoms with Crippen molar-refractivity contribution < 1.29 is 5.11 Å². The highest BCUT2D eigenvalue weighted by molar-refractivity contribution is 9.10. The first-order chi connectivity index (χ1) is 6.77. The number of hydrogen-bond donors (Lipinski definition) is 1. The third kappa shape index (κ3) is 2.35. The summed E-state index contributed by atoms with van der Waals surface area (Å²) < 4.78 is 0.840. The molecule has 78 valence electrons. The molecule has 1 heterocycles. The van der Waals surface area contributed by atoms with E-state index >= 15 is 0 Å². The van der Waals surface area contributed by atoms with E-state index in [9.17, 15) is 5.11 Å². The van der Waals surface area contributed by atoms with E-state index in [1.807, 2.05) is 5.38 Å². The molecule has 0 spiro atoms. The van der Waals surface area contributed by atoms with Crippen LogP contribution in [0.1, 0.15) is 43.2 Å². The van der Waals surface area contributed by atoms with Crippen LogP contribution in [0.15, 0.2) is 9.98 Å². The number of aliphatic hydroxyl groups is 1. The molecule has 0 bridgehead atoms. The summed E-state index contributed by atoms with van der Waals surface area (Å²) in [5.41, 5.74) is 0. The number of halogens is 1. The van der Waals surface area contributed by atoms with Gasteiger partial charge in [-0.05, 0) is 34.7 Å². The first-order valence-corrected chi connectivity index (χ1v) is 6.73. The van der Waals surface area contributed by atoms with Crippen molar-refractivity contribution >= 4 is 27.3 Å². The summed E-state index contributed by atoms with van der Waals surface area (Å²) in [5, 5.41) is 12.9. The van der Waals surface area contributed by atoms with Gasteiger partial charge in [0.2, 0.25) is 0 Å². The molecule has 0 aromatic carbocycles. The number of aromatic nitrogens is 1. The van der Waals surface area contributed by atoms with Gasteiger partial charge in [-0.15, -0.1) is 11.3 Å². The van der Waals surface area contributed by atoms with Gasteiger partial charge in [0.1, 0.15) is 15.7 Å². The van der Waals surface area contributed by atoms with E-state index in [4.69, 9.17) is 0 Å². The minimum atomic E-state index is -0.341. The lowest BCUT2D eigenvalue weighted by Gasteiger charge is -2.25. The Morgan fingerprint density at radius 1 is 1.43 bits per heavy atom. The second kappa shape index (κ2) is 4.73. The quantitative estimate of drug-likeness (QED) is 0.896. The molecule has 1 aliphatic carbocycles. The maximum absolute atomic E-state index is 10.1. The van der Waals surface area contributed by atoms with Crippen LogP contribution in [0.25, 0.3) is 0 Å². The molecule has 0 aliphatic heterocycles. The smallest absolute Gasteiger partial charge is 0.123 e. The number of nitrogens with zero attached hydrogens (tertiary/aromatic N) is 1. The maximum atomic E-state index is 10.1. The minimum Gasteiger partial charge on any atom is -0.386 e. The Balaban J connectivity index is 2.03. The molecule has 0 amide bonds. The standard InChI is InChI=1S/C10H14BrNOS/c11-8-6-14-10(12-8)9(13)7-4-2-1-3-5-7/h6-7,9,13H,1-5H2. The number of hydrogen-bond acceptors (Lipinski definition) is 3. The van der Waals surface area contributed by atoms with Crippen LogP contribution >= 0.6 is 27.3 Å². The van der Waals surface area contributed by atoms with E-state index < -0.39 is 0 Å². The molecule has 2 nitrogen and oxygen atoms in total. The van der Waals surface area contributed by atoms with Gasteiger partial charge in [-0.1, -0.05) is 19.3 Å². The predicted molar refractivity (Wildman–Crippen MR) is 61.3 cm³/mol. The molecule has 1 N–H and O–H groups in total. The molecule has 0 radical (unpaired) electrons. The molecular formula is C10H14BrNOS. The first kappa shape index (κ1) is 10.6. The molecule has 1 unspecified atom stereocenters. The van der Waals surface area contributed by atoms with Gasteiger partial charge >= 0.3 is 0 Å². The molecular weight excluding hydrogens is 262 g/mol. The Bertz CT molecular complexity index is 296. The molecule has 0 saturated heterocycles. The van der Waals surface area contributed by atoms with Crippen molar-refractivity contribution in [1.29, 1.82) is 0 Å². The van der Waals surface area contributed by atoms with Gasteiger partial charge in [0, 0.05) is 5.38 Å². The van der Waals surface area contributed by atoms with Crippen LogP contribution < -0.4 is 0 Å². The van der Waals surface area contributed by atoms with Gasteiger partial charge in [-0.25, -0.2) is 4.98 Å². The highest BCUT2D eigenvalue weighted by Crippen LogP contribution is 2.35. The van der Waals surface area contributed by atoms with E-state index in [2.05, 4.69) is 20.9 Å². The van der Waals surface area contributed by atoms with Crippen molar-refractivity contribution in [1.82, 2.24) is 4.98 Å². The Kier molecular flexibility index (Phi) is 3.57. The average molecular weight is 276 g/mol. The van der Waals surface area contributed by atoms with Crippen LogP contribution in [0, 0.1) is 5.92 Å². The molecule has 1 atom stereocenters. The Morgan fingerprint density at radius 3 is 2.71 bits per heavy atom. The lowest BCUT2D eigenvalue weighted by atomic mass is 9.85. The van der Waals surface area contributed by atoms with Gasteiger partial charge in [0.15, 0.2) is 0 Å². The van der Waals surface area contributed by atoms with Crippen molar-refractivity contribution in [2.75, 3.05) is 0 Å². The van der Waals surface area contributed by atoms with Gasteiger partial charge in [0.05, 0.1) is 0 Å². The summed E-state index contributed by atoms with van der Waals surface area (Å²) in [5.74, 6) is 0.432. The molecule has 1 aromatic rings. The number of thiazole rings is 1. The zero-order chi connectivity index (χ0) is 9.97. The van der Waals surface area contributed by atoms with Crippen molar-refractivity contribution in [3.8, 4) is 0 Å². The van der Waals surface area contributed by atoms with Gasteiger partial charge in [-0.3, -0.25) is 0 Å². The SMILES string of the molecule is OC(c1nc(Br)cs1)C1CCCCC1. The third-order valence-electron chi connectivity index (χ3n) is 2.84. The van der Waals surface area contributed by atoms with E-state index in [1.54, 1.807) is 11.3 Å². The van der Waals surface area contributed by atoms with Crippen LogP contribution in [0.3, 0.4) is 0 Å². The van der Waals surface area contributed by atoms with E-state index in [-0.39, 0.29) is 6.10 Å². The molecule has 1 fully saturated rings. The molecule has 14 heavy (non-hydrogen) atoms. The van der Waals surface area contributed by atoms with Crippen LogP contribution in [0.2, 0.25) is 0 Å². The highest BCUT2D eigenvalue weighted by Gasteiger charge is 2.24. The van der Waals surface area contributed by atoms with Crippen LogP contribution in [-0.2, 0) is 0 Å². The highest BCUT2D eigenvalue weighted by atomic mass is 79.9.